The van der Waals surface area contributed by atoms with E-state index in [4.69, 9.17) is 10.5 Å². The molecule has 2 unspecified atom stereocenters. The number of pyridine rings is 1. The van der Waals surface area contributed by atoms with Gasteiger partial charge in [-0.1, -0.05) is 24.6 Å². The second kappa shape index (κ2) is 10.1. The lowest BCUT2D eigenvalue weighted by Crippen LogP contribution is -2.53. The molecule has 0 saturated heterocycles. The molecule has 2 fully saturated rings. The Hall–Kier alpha value is -1.82. The average molecular weight is 424 g/mol. The van der Waals surface area contributed by atoms with E-state index in [1.807, 2.05) is 30.3 Å². The molecule has 2 aliphatic rings. The van der Waals surface area contributed by atoms with Gasteiger partial charge < -0.3 is 15.8 Å². The second-order valence-electron chi connectivity index (χ2n) is 7.48. The third kappa shape index (κ3) is 5.16. The molecule has 2 aromatic rings. The third-order valence-corrected chi connectivity index (χ3v) is 5.64. The van der Waals surface area contributed by atoms with Gasteiger partial charge in [0.15, 0.2) is 0 Å². The van der Waals surface area contributed by atoms with E-state index in [0.717, 1.165) is 31.4 Å². The topological polar surface area (TPSA) is 77.2 Å². The normalized spacial score (nSPS) is 25.6. The molecule has 3 N–H and O–H groups in total. The monoisotopic (exact) mass is 423 g/mol. The summed E-state index contributed by atoms with van der Waals surface area (Å²) in [6.07, 6.45) is 7.20. The van der Waals surface area contributed by atoms with Crippen molar-refractivity contribution in [3.8, 4) is 11.6 Å². The van der Waals surface area contributed by atoms with Crippen molar-refractivity contribution in [3.63, 3.8) is 0 Å². The molecule has 2 saturated carbocycles. The van der Waals surface area contributed by atoms with Gasteiger partial charge >= 0.3 is 0 Å². The van der Waals surface area contributed by atoms with Crippen LogP contribution in [0.4, 0.5) is 0 Å². The summed E-state index contributed by atoms with van der Waals surface area (Å²) >= 11 is 0. The number of amides is 1. The maximum atomic E-state index is 12.7. The van der Waals surface area contributed by atoms with Crippen LogP contribution in [0.1, 0.15) is 42.5 Å². The van der Waals surface area contributed by atoms with E-state index in [9.17, 15) is 4.79 Å². The molecule has 152 valence electrons. The Morgan fingerprint density at radius 3 is 2.32 bits per heavy atom. The van der Waals surface area contributed by atoms with Crippen LogP contribution in [0.25, 0.3) is 0 Å². The maximum absolute atomic E-state index is 12.7. The fourth-order valence-electron chi connectivity index (χ4n) is 4.44. The molecule has 2 aliphatic carbocycles. The predicted octanol–water partition coefficient (Wildman–Crippen LogP) is 4.35. The van der Waals surface area contributed by atoms with Gasteiger partial charge in [0, 0.05) is 24.3 Å². The van der Waals surface area contributed by atoms with Gasteiger partial charge in [-0.2, -0.15) is 0 Å². The van der Waals surface area contributed by atoms with Crippen LogP contribution in [0, 0.1) is 11.8 Å². The van der Waals surface area contributed by atoms with E-state index < -0.39 is 0 Å². The highest BCUT2D eigenvalue weighted by Crippen LogP contribution is 2.39. The van der Waals surface area contributed by atoms with Crippen molar-refractivity contribution < 1.29 is 9.53 Å². The Morgan fingerprint density at radius 1 is 1.04 bits per heavy atom. The molecule has 1 heterocycles. The predicted molar refractivity (Wildman–Crippen MR) is 115 cm³/mol. The van der Waals surface area contributed by atoms with E-state index in [-0.39, 0.29) is 42.8 Å². The first-order chi connectivity index (χ1) is 12.7. The second-order valence-corrected chi connectivity index (χ2v) is 7.48. The number of carbonyl (C=O) groups is 1. The number of nitrogens with one attached hydrogen (secondary N) is 1. The summed E-state index contributed by atoms with van der Waals surface area (Å²) in [5, 5.41) is 3.25. The molecule has 4 rings (SSSR count). The highest BCUT2D eigenvalue weighted by molar-refractivity contribution is 5.94. The SMILES string of the molecule is Cl.Cl.NC1CC2CCCC(C1)C2NC(=O)c1ccc(Oc2ccccc2)nc1. The molecule has 2 bridgehead atoms. The van der Waals surface area contributed by atoms with Crippen LogP contribution in [-0.4, -0.2) is 23.0 Å². The first-order valence-corrected chi connectivity index (χ1v) is 9.44. The van der Waals surface area contributed by atoms with Gasteiger partial charge in [0.1, 0.15) is 5.75 Å². The molecule has 1 amide bonds. The van der Waals surface area contributed by atoms with Crippen LogP contribution in [-0.2, 0) is 0 Å². The summed E-state index contributed by atoms with van der Waals surface area (Å²) in [5.74, 6) is 2.17. The number of benzene rings is 1. The Morgan fingerprint density at radius 2 is 1.71 bits per heavy atom. The zero-order valence-corrected chi connectivity index (χ0v) is 17.3. The minimum atomic E-state index is -0.0545. The van der Waals surface area contributed by atoms with Gasteiger partial charge in [0.25, 0.3) is 5.91 Å². The molecule has 5 nitrogen and oxygen atoms in total. The van der Waals surface area contributed by atoms with Crippen molar-refractivity contribution in [2.24, 2.45) is 17.6 Å². The third-order valence-electron chi connectivity index (χ3n) is 5.64. The molecule has 0 radical (unpaired) electrons. The Bertz CT molecular complexity index is 744. The van der Waals surface area contributed by atoms with Crippen molar-refractivity contribution in [1.82, 2.24) is 10.3 Å². The Balaban J connectivity index is 0.00000140. The fraction of sp³-hybridized carbons (Fsp3) is 0.429. The van der Waals surface area contributed by atoms with Crippen molar-refractivity contribution >= 4 is 30.7 Å². The van der Waals surface area contributed by atoms with Crippen LogP contribution in [0.5, 0.6) is 11.6 Å². The number of nitrogens with zero attached hydrogens (tertiary/aromatic N) is 1. The van der Waals surface area contributed by atoms with Gasteiger partial charge in [-0.3, -0.25) is 4.79 Å². The maximum Gasteiger partial charge on any atom is 0.253 e. The molecular weight excluding hydrogens is 397 g/mol. The lowest BCUT2D eigenvalue weighted by molar-refractivity contribution is 0.0755. The van der Waals surface area contributed by atoms with Gasteiger partial charge in [-0.05, 0) is 55.7 Å². The molecule has 28 heavy (non-hydrogen) atoms. The van der Waals surface area contributed by atoms with Crippen molar-refractivity contribution in [2.75, 3.05) is 0 Å². The zero-order valence-electron chi connectivity index (χ0n) is 15.6. The fourth-order valence-corrected chi connectivity index (χ4v) is 4.44. The lowest BCUT2D eigenvalue weighted by Gasteiger charge is -2.45. The first-order valence-electron chi connectivity index (χ1n) is 9.44. The lowest BCUT2D eigenvalue weighted by atomic mass is 9.67. The van der Waals surface area contributed by atoms with E-state index in [2.05, 4.69) is 10.3 Å². The molecule has 0 aliphatic heterocycles. The van der Waals surface area contributed by atoms with Gasteiger partial charge in [-0.15, -0.1) is 24.8 Å². The number of rotatable bonds is 4. The van der Waals surface area contributed by atoms with E-state index in [1.165, 1.54) is 6.42 Å². The number of fused-ring (bicyclic) bond motifs is 2. The molecule has 2 atom stereocenters. The zero-order chi connectivity index (χ0) is 17.9. The molecule has 1 aromatic carbocycles. The van der Waals surface area contributed by atoms with Crippen LogP contribution < -0.4 is 15.8 Å². The Kier molecular flexibility index (Phi) is 8.10. The number of carbonyl (C=O) groups excluding carboxylic acids is 1. The van der Waals surface area contributed by atoms with Crippen molar-refractivity contribution in [1.29, 1.82) is 0 Å². The highest BCUT2D eigenvalue weighted by Gasteiger charge is 2.39. The van der Waals surface area contributed by atoms with Crippen LogP contribution in [0.2, 0.25) is 0 Å². The number of para-hydroxylation sites is 1. The standard InChI is InChI=1S/C21H25N3O2.2ClH/c22-17-11-14-5-4-6-15(12-17)20(14)24-21(25)16-9-10-19(23-13-16)26-18-7-2-1-3-8-18;;/h1-3,7-10,13-15,17,20H,4-6,11-12,22H2,(H,24,25);2*1H. The van der Waals surface area contributed by atoms with Gasteiger partial charge in [0.2, 0.25) is 5.88 Å². The van der Waals surface area contributed by atoms with Gasteiger partial charge in [0.05, 0.1) is 5.56 Å². The minimum absolute atomic E-state index is 0. The van der Waals surface area contributed by atoms with Crippen molar-refractivity contribution in [2.45, 2.75) is 44.2 Å². The number of hydrogen-bond acceptors (Lipinski definition) is 4. The summed E-state index contributed by atoms with van der Waals surface area (Å²) in [7, 11) is 0. The Labute approximate surface area is 178 Å². The van der Waals surface area contributed by atoms with E-state index in [0.29, 0.717) is 23.3 Å². The van der Waals surface area contributed by atoms with Gasteiger partial charge in [-0.25, -0.2) is 4.98 Å². The van der Waals surface area contributed by atoms with E-state index in [1.54, 1.807) is 18.3 Å². The van der Waals surface area contributed by atoms with Crippen LogP contribution in [0.3, 0.4) is 0 Å². The summed E-state index contributed by atoms with van der Waals surface area (Å²) < 4.78 is 5.68. The first kappa shape index (κ1) is 22.5. The molecule has 0 spiro atoms. The number of halogens is 2. The molecule has 1 aromatic heterocycles. The highest BCUT2D eigenvalue weighted by atomic mass is 35.5. The largest absolute Gasteiger partial charge is 0.439 e. The van der Waals surface area contributed by atoms with Crippen LogP contribution in [0.15, 0.2) is 48.7 Å². The minimum Gasteiger partial charge on any atom is -0.439 e. The summed E-state index contributed by atoms with van der Waals surface area (Å²) in [5.41, 5.74) is 6.74. The number of nitrogens with two attached hydrogens (primary N) is 1. The van der Waals surface area contributed by atoms with E-state index >= 15 is 0 Å². The summed E-state index contributed by atoms with van der Waals surface area (Å²) in [6.45, 7) is 0. The smallest absolute Gasteiger partial charge is 0.253 e. The number of hydrogen-bond donors (Lipinski definition) is 2. The molecule has 7 heteroatoms. The van der Waals surface area contributed by atoms with Crippen molar-refractivity contribution in [3.05, 3.63) is 54.2 Å². The average Bonchev–Trinajstić information content (AvgIpc) is 2.64. The molecular formula is C21H27Cl2N3O2. The summed E-state index contributed by atoms with van der Waals surface area (Å²) in [6, 6.07) is 13.5. The quantitative estimate of drug-likeness (QED) is 0.765. The summed E-state index contributed by atoms with van der Waals surface area (Å²) in [4.78, 5) is 16.9. The van der Waals surface area contributed by atoms with Crippen LogP contribution >= 0.6 is 24.8 Å². The number of aromatic nitrogens is 1. The number of ether oxygens (including phenoxy) is 1.